The van der Waals surface area contributed by atoms with Crippen LogP contribution in [0.1, 0.15) is 23.2 Å². The molecule has 0 bridgehead atoms. The second-order valence-corrected chi connectivity index (χ2v) is 7.18. The molecule has 1 aromatic heterocycles. The SMILES string of the molecule is NCC1CCCN(C(=O)c2cccc(-c3ccc4[nH]ccc(=O)c4c3)c2)C1. The average Bonchev–Trinajstić information content (AvgIpc) is 2.73. The van der Waals surface area contributed by atoms with E-state index >= 15 is 0 Å². The monoisotopic (exact) mass is 361 g/mol. The fourth-order valence-corrected chi connectivity index (χ4v) is 3.81. The maximum atomic E-state index is 12.9. The van der Waals surface area contributed by atoms with Gasteiger partial charge in [-0.3, -0.25) is 9.59 Å². The van der Waals surface area contributed by atoms with E-state index in [1.807, 2.05) is 47.4 Å². The lowest BCUT2D eigenvalue weighted by Gasteiger charge is -2.32. The number of aromatic nitrogens is 1. The lowest BCUT2D eigenvalue weighted by molar-refractivity contribution is 0.0678. The number of benzene rings is 2. The molecule has 0 saturated carbocycles. The minimum Gasteiger partial charge on any atom is -0.361 e. The number of piperidine rings is 1. The molecular weight excluding hydrogens is 338 g/mol. The summed E-state index contributed by atoms with van der Waals surface area (Å²) in [6.45, 7) is 2.13. The molecule has 1 fully saturated rings. The number of H-pyrrole nitrogens is 1. The molecule has 138 valence electrons. The van der Waals surface area contributed by atoms with E-state index in [0.29, 0.717) is 23.4 Å². The van der Waals surface area contributed by atoms with Crippen molar-refractivity contribution >= 4 is 16.8 Å². The molecule has 1 amide bonds. The minimum atomic E-state index is -0.0148. The van der Waals surface area contributed by atoms with E-state index in [-0.39, 0.29) is 11.3 Å². The van der Waals surface area contributed by atoms with Gasteiger partial charge in [0.05, 0.1) is 0 Å². The largest absolute Gasteiger partial charge is 0.361 e. The van der Waals surface area contributed by atoms with Gasteiger partial charge in [0.15, 0.2) is 5.43 Å². The average molecular weight is 361 g/mol. The molecule has 1 unspecified atom stereocenters. The number of carbonyl (C=O) groups excluding carboxylic acids is 1. The molecule has 0 aliphatic carbocycles. The maximum absolute atomic E-state index is 12.9. The first kappa shape index (κ1) is 17.5. The van der Waals surface area contributed by atoms with E-state index in [4.69, 9.17) is 5.73 Å². The fourth-order valence-electron chi connectivity index (χ4n) is 3.81. The second kappa shape index (κ2) is 7.37. The molecule has 3 aromatic rings. The first-order valence-corrected chi connectivity index (χ1v) is 9.37. The lowest BCUT2D eigenvalue weighted by atomic mass is 9.96. The Kier molecular flexibility index (Phi) is 4.77. The number of fused-ring (bicyclic) bond motifs is 1. The Morgan fingerprint density at radius 1 is 1.15 bits per heavy atom. The first-order chi connectivity index (χ1) is 13.2. The normalized spacial score (nSPS) is 17.2. The summed E-state index contributed by atoms with van der Waals surface area (Å²) < 4.78 is 0. The summed E-state index contributed by atoms with van der Waals surface area (Å²) in [5.41, 5.74) is 9.11. The van der Waals surface area contributed by atoms with Crippen molar-refractivity contribution in [3.8, 4) is 11.1 Å². The minimum absolute atomic E-state index is 0.0148. The number of rotatable bonds is 3. The van der Waals surface area contributed by atoms with Crippen LogP contribution in [-0.4, -0.2) is 35.4 Å². The van der Waals surface area contributed by atoms with Crippen LogP contribution in [0.2, 0.25) is 0 Å². The van der Waals surface area contributed by atoms with Crippen molar-refractivity contribution in [3.63, 3.8) is 0 Å². The summed E-state index contributed by atoms with van der Waals surface area (Å²) in [6.07, 6.45) is 3.74. The van der Waals surface area contributed by atoms with Crippen LogP contribution in [0.4, 0.5) is 0 Å². The molecule has 4 rings (SSSR count). The van der Waals surface area contributed by atoms with Gasteiger partial charge in [-0.05, 0) is 60.7 Å². The number of hydrogen-bond donors (Lipinski definition) is 2. The number of pyridine rings is 1. The summed E-state index contributed by atoms with van der Waals surface area (Å²) >= 11 is 0. The van der Waals surface area contributed by atoms with Crippen LogP contribution in [0.25, 0.3) is 22.0 Å². The number of aromatic amines is 1. The van der Waals surface area contributed by atoms with Gasteiger partial charge in [0.25, 0.3) is 5.91 Å². The van der Waals surface area contributed by atoms with Crippen LogP contribution in [-0.2, 0) is 0 Å². The highest BCUT2D eigenvalue weighted by Crippen LogP contribution is 2.25. The zero-order chi connectivity index (χ0) is 18.8. The lowest BCUT2D eigenvalue weighted by Crippen LogP contribution is -2.42. The molecule has 1 aliphatic heterocycles. The maximum Gasteiger partial charge on any atom is 0.253 e. The molecule has 3 N–H and O–H groups in total. The Balaban J connectivity index is 1.65. The van der Waals surface area contributed by atoms with Crippen LogP contribution < -0.4 is 11.2 Å². The van der Waals surface area contributed by atoms with Gasteiger partial charge in [0.2, 0.25) is 0 Å². The predicted octanol–water partition coefficient (Wildman–Crippen LogP) is 3.01. The molecule has 0 spiro atoms. The number of amides is 1. The summed E-state index contributed by atoms with van der Waals surface area (Å²) in [5.74, 6) is 0.437. The fraction of sp³-hybridized carbons (Fsp3) is 0.273. The van der Waals surface area contributed by atoms with Gasteiger partial charge >= 0.3 is 0 Å². The van der Waals surface area contributed by atoms with E-state index in [9.17, 15) is 9.59 Å². The van der Waals surface area contributed by atoms with Gasteiger partial charge in [-0.15, -0.1) is 0 Å². The van der Waals surface area contributed by atoms with E-state index < -0.39 is 0 Å². The molecule has 27 heavy (non-hydrogen) atoms. The van der Waals surface area contributed by atoms with Crippen molar-refractivity contribution in [1.82, 2.24) is 9.88 Å². The van der Waals surface area contributed by atoms with Crippen molar-refractivity contribution in [3.05, 3.63) is 70.5 Å². The molecule has 5 nitrogen and oxygen atoms in total. The Morgan fingerprint density at radius 3 is 2.85 bits per heavy atom. The third-order valence-corrected chi connectivity index (χ3v) is 5.34. The van der Waals surface area contributed by atoms with E-state index in [1.54, 1.807) is 6.20 Å². The van der Waals surface area contributed by atoms with Crippen molar-refractivity contribution in [2.75, 3.05) is 19.6 Å². The Morgan fingerprint density at radius 2 is 2.00 bits per heavy atom. The van der Waals surface area contributed by atoms with Crippen LogP contribution >= 0.6 is 0 Å². The molecule has 2 heterocycles. The van der Waals surface area contributed by atoms with Gasteiger partial charge in [0, 0.05) is 41.8 Å². The van der Waals surface area contributed by atoms with Crippen molar-refractivity contribution in [1.29, 1.82) is 0 Å². The van der Waals surface area contributed by atoms with Gasteiger partial charge in [-0.1, -0.05) is 18.2 Å². The van der Waals surface area contributed by atoms with E-state index in [1.165, 1.54) is 6.07 Å². The molecule has 5 heteroatoms. The summed E-state index contributed by atoms with van der Waals surface area (Å²) in [7, 11) is 0. The van der Waals surface area contributed by atoms with E-state index in [2.05, 4.69) is 4.98 Å². The standard InChI is InChI=1S/C22H23N3O2/c23-13-15-3-2-10-25(14-15)22(27)18-5-1-4-16(11-18)17-6-7-20-19(12-17)21(26)8-9-24-20/h1,4-9,11-12,15H,2-3,10,13-14,23H2,(H,24,26). The molecule has 1 atom stereocenters. The van der Waals surface area contributed by atoms with E-state index in [0.717, 1.165) is 42.6 Å². The number of hydrogen-bond acceptors (Lipinski definition) is 3. The first-order valence-electron chi connectivity index (χ1n) is 9.37. The quantitative estimate of drug-likeness (QED) is 0.753. The Hall–Kier alpha value is -2.92. The number of nitrogens with one attached hydrogen (secondary N) is 1. The molecule has 2 aromatic carbocycles. The van der Waals surface area contributed by atoms with Crippen LogP contribution in [0.15, 0.2) is 59.5 Å². The van der Waals surface area contributed by atoms with Crippen LogP contribution in [0.3, 0.4) is 0 Å². The number of carbonyl (C=O) groups is 1. The zero-order valence-corrected chi connectivity index (χ0v) is 15.2. The second-order valence-electron chi connectivity index (χ2n) is 7.18. The third-order valence-electron chi connectivity index (χ3n) is 5.34. The summed E-state index contributed by atoms with van der Waals surface area (Å²) in [4.78, 5) is 30.0. The number of likely N-dealkylation sites (tertiary alicyclic amines) is 1. The Labute approximate surface area is 157 Å². The van der Waals surface area contributed by atoms with Gasteiger partial charge in [-0.25, -0.2) is 0 Å². The molecule has 0 radical (unpaired) electrons. The van der Waals surface area contributed by atoms with Crippen LogP contribution in [0, 0.1) is 5.92 Å². The van der Waals surface area contributed by atoms with Gasteiger partial charge in [-0.2, -0.15) is 0 Å². The van der Waals surface area contributed by atoms with Crippen LogP contribution in [0.5, 0.6) is 0 Å². The smallest absolute Gasteiger partial charge is 0.253 e. The summed E-state index contributed by atoms with van der Waals surface area (Å²) in [6, 6.07) is 14.9. The van der Waals surface area contributed by atoms with Crippen molar-refractivity contribution in [2.24, 2.45) is 11.7 Å². The number of nitrogens with zero attached hydrogens (tertiary/aromatic N) is 1. The van der Waals surface area contributed by atoms with Crippen molar-refractivity contribution < 1.29 is 4.79 Å². The molecule has 1 aliphatic rings. The highest BCUT2D eigenvalue weighted by molar-refractivity contribution is 5.96. The highest BCUT2D eigenvalue weighted by Gasteiger charge is 2.23. The van der Waals surface area contributed by atoms with Gasteiger partial charge < -0.3 is 15.6 Å². The van der Waals surface area contributed by atoms with Gasteiger partial charge in [0.1, 0.15) is 0 Å². The topological polar surface area (TPSA) is 79.2 Å². The molecule has 1 saturated heterocycles. The third kappa shape index (κ3) is 3.51. The Bertz CT molecular complexity index is 1040. The predicted molar refractivity (Wildman–Crippen MR) is 108 cm³/mol. The molecular formula is C22H23N3O2. The van der Waals surface area contributed by atoms with Crippen molar-refractivity contribution in [2.45, 2.75) is 12.8 Å². The number of nitrogens with two attached hydrogens (primary N) is 1. The summed E-state index contributed by atoms with van der Waals surface area (Å²) in [5, 5.41) is 0.647. The highest BCUT2D eigenvalue weighted by atomic mass is 16.2. The zero-order valence-electron chi connectivity index (χ0n) is 15.2.